The molecule has 0 aliphatic carbocycles. The van der Waals surface area contributed by atoms with E-state index >= 15 is 0 Å². The van der Waals surface area contributed by atoms with Gasteiger partial charge < -0.3 is 29.6 Å². The third-order valence-corrected chi connectivity index (χ3v) is 7.00. The third kappa shape index (κ3) is 2.73. The molecule has 0 saturated carbocycles. The first-order valence-corrected chi connectivity index (χ1v) is 11.2. The molecule has 9 nitrogen and oxygen atoms in total. The smallest absolute Gasteiger partial charge is 0.343 e. The highest BCUT2D eigenvalue weighted by molar-refractivity contribution is 5.91. The fourth-order valence-electron chi connectivity index (χ4n) is 5.12. The van der Waals surface area contributed by atoms with E-state index in [4.69, 9.17) is 24.9 Å². The fourth-order valence-corrected chi connectivity index (χ4v) is 5.12. The molecule has 0 amide bonds. The Morgan fingerprint density at radius 3 is 2.71 bits per heavy atom. The number of esters is 1. The summed E-state index contributed by atoms with van der Waals surface area (Å²) in [5, 5.41) is 12.0. The van der Waals surface area contributed by atoms with Crippen LogP contribution in [0.5, 0.6) is 11.5 Å². The predicted molar refractivity (Wildman–Crippen MR) is 122 cm³/mol. The molecule has 0 fully saturated rings. The maximum atomic E-state index is 13.5. The lowest BCUT2D eigenvalue weighted by Crippen LogP contribution is -2.44. The molecule has 0 spiro atoms. The van der Waals surface area contributed by atoms with E-state index in [-0.39, 0.29) is 25.4 Å². The summed E-state index contributed by atoms with van der Waals surface area (Å²) in [4.78, 5) is 30.8. The van der Waals surface area contributed by atoms with Crippen LogP contribution in [-0.4, -0.2) is 27.4 Å². The number of aryl methyl sites for hydroxylation is 1. The molecular weight excluding hydrogens is 438 g/mol. The van der Waals surface area contributed by atoms with Crippen molar-refractivity contribution in [2.45, 2.75) is 44.9 Å². The number of fused-ring (bicyclic) bond motifs is 6. The van der Waals surface area contributed by atoms with Gasteiger partial charge in [0.15, 0.2) is 17.1 Å². The molecule has 0 saturated heterocycles. The second-order valence-corrected chi connectivity index (χ2v) is 8.90. The molecule has 5 heterocycles. The van der Waals surface area contributed by atoms with Crippen LogP contribution < -0.4 is 20.8 Å². The van der Waals surface area contributed by atoms with Crippen molar-refractivity contribution in [3.63, 3.8) is 0 Å². The van der Waals surface area contributed by atoms with Crippen LogP contribution in [0.3, 0.4) is 0 Å². The van der Waals surface area contributed by atoms with E-state index in [9.17, 15) is 14.7 Å². The van der Waals surface area contributed by atoms with Crippen LogP contribution >= 0.6 is 0 Å². The van der Waals surface area contributed by atoms with Crippen LogP contribution in [0.2, 0.25) is 0 Å². The molecule has 6 rings (SSSR count). The van der Waals surface area contributed by atoms with Crippen LogP contribution in [0.25, 0.3) is 22.3 Å². The summed E-state index contributed by atoms with van der Waals surface area (Å²) in [6.45, 7) is 5.81. The van der Waals surface area contributed by atoms with E-state index in [1.165, 1.54) is 0 Å². The number of cyclic esters (lactones) is 1. The Hall–Kier alpha value is -3.85. The number of nitrogens with zero attached hydrogens (tertiary/aromatic N) is 2. The topological polar surface area (TPSA) is 126 Å². The van der Waals surface area contributed by atoms with Gasteiger partial charge in [-0.1, -0.05) is 13.5 Å². The number of aliphatic hydroxyl groups is 1. The van der Waals surface area contributed by atoms with E-state index < -0.39 is 11.6 Å². The molecule has 3 aliphatic rings. The molecule has 1 aromatic carbocycles. The van der Waals surface area contributed by atoms with Gasteiger partial charge in [-0.25, -0.2) is 9.78 Å². The van der Waals surface area contributed by atoms with Gasteiger partial charge in [0.05, 0.1) is 29.0 Å². The number of carbonyl (C=O) groups excluding carboxylic acids is 1. The van der Waals surface area contributed by atoms with Crippen LogP contribution in [0.15, 0.2) is 35.3 Å². The molecule has 3 aromatic rings. The lowest BCUT2D eigenvalue weighted by molar-refractivity contribution is -0.172. The number of allylic oxidation sites excluding steroid dienone is 1. The largest absolute Gasteiger partial charge is 0.458 e. The number of aromatic nitrogens is 2. The number of ether oxygens (including phenoxy) is 3. The van der Waals surface area contributed by atoms with Crippen LogP contribution in [-0.2, 0) is 34.7 Å². The summed E-state index contributed by atoms with van der Waals surface area (Å²) < 4.78 is 17.9. The van der Waals surface area contributed by atoms with Gasteiger partial charge in [0, 0.05) is 28.3 Å². The van der Waals surface area contributed by atoms with Crippen molar-refractivity contribution in [1.82, 2.24) is 9.55 Å². The summed E-state index contributed by atoms with van der Waals surface area (Å²) in [5.41, 5.74) is 8.68. The standard InChI is InChI=1S/C25H23N3O6/c1-3-25(31)17-7-19-22-15(9-28(19)23(29)16(17)10-32-24(25)30)13(5-4-12(2)26)14-6-20-21(34-11-33-20)8-18(14)27-22/h6-8,31H,2-5,9-11,26H2,1H3/t25-/m0/s1. The minimum Gasteiger partial charge on any atom is -0.458 e. The second kappa shape index (κ2) is 7.07. The minimum atomic E-state index is -1.87. The van der Waals surface area contributed by atoms with Crippen molar-refractivity contribution < 1.29 is 24.1 Å². The van der Waals surface area contributed by atoms with E-state index in [0.717, 1.165) is 16.5 Å². The number of hydrogen-bond acceptors (Lipinski definition) is 8. The summed E-state index contributed by atoms with van der Waals surface area (Å²) >= 11 is 0. The van der Waals surface area contributed by atoms with Crippen molar-refractivity contribution in [2.75, 3.05) is 6.79 Å². The first-order valence-electron chi connectivity index (χ1n) is 11.2. The first-order chi connectivity index (χ1) is 16.3. The number of nitrogens with two attached hydrogens (primary N) is 1. The zero-order valence-electron chi connectivity index (χ0n) is 18.6. The SMILES string of the molecule is C=C(N)CCc1c2c(nc3cc4c(cc13)OCO4)-c1cc3c(c(=O)n1C2)COC(=O)[C@]3(O)CC. The monoisotopic (exact) mass is 461 g/mol. The highest BCUT2D eigenvalue weighted by atomic mass is 16.7. The molecular formula is C25H23N3O6. The Bertz CT molecular complexity index is 1490. The number of benzene rings is 1. The van der Waals surface area contributed by atoms with Crippen molar-refractivity contribution >= 4 is 16.9 Å². The molecule has 9 heteroatoms. The zero-order chi connectivity index (χ0) is 23.8. The molecule has 3 N–H and O–H groups in total. The number of hydrogen-bond donors (Lipinski definition) is 2. The van der Waals surface area contributed by atoms with Gasteiger partial charge in [0.25, 0.3) is 5.56 Å². The third-order valence-electron chi connectivity index (χ3n) is 7.00. The lowest BCUT2D eigenvalue weighted by Gasteiger charge is -2.31. The summed E-state index contributed by atoms with van der Waals surface area (Å²) in [5.74, 6) is 0.512. The Balaban J connectivity index is 1.62. The predicted octanol–water partition coefficient (Wildman–Crippen LogP) is 2.21. The van der Waals surface area contributed by atoms with Crippen LogP contribution in [0.4, 0.5) is 0 Å². The van der Waals surface area contributed by atoms with Gasteiger partial charge in [0.2, 0.25) is 6.79 Å². The molecule has 0 unspecified atom stereocenters. The Labute approximate surface area is 194 Å². The van der Waals surface area contributed by atoms with Crippen molar-refractivity contribution in [1.29, 1.82) is 0 Å². The van der Waals surface area contributed by atoms with Crippen molar-refractivity contribution in [3.05, 3.63) is 63.1 Å². The first kappa shape index (κ1) is 20.7. The molecule has 0 radical (unpaired) electrons. The average molecular weight is 461 g/mol. The Kier molecular flexibility index (Phi) is 4.31. The molecule has 1 atom stereocenters. The maximum absolute atomic E-state index is 13.5. The van der Waals surface area contributed by atoms with Crippen LogP contribution in [0, 0.1) is 0 Å². The van der Waals surface area contributed by atoms with E-state index in [2.05, 4.69) is 6.58 Å². The number of pyridine rings is 2. The fraction of sp³-hybridized carbons (Fsp3) is 0.320. The van der Waals surface area contributed by atoms with Crippen molar-refractivity contribution in [3.8, 4) is 22.9 Å². The number of carbonyl (C=O) groups is 1. The van der Waals surface area contributed by atoms with Gasteiger partial charge in [-0.05, 0) is 37.0 Å². The normalized spacial score (nSPS) is 19.5. The van der Waals surface area contributed by atoms with Crippen molar-refractivity contribution in [2.24, 2.45) is 5.73 Å². The quantitative estimate of drug-likeness (QED) is 0.443. The van der Waals surface area contributed by atoms with Gasteiger partial charge in [-0.2, -0.15) is 0 Å². The number of rotatable bonds is 4. The summed E-state index contributed by atoms with van der Waals surface area (Å²) in [6, 6.07) is 5.46. The average Bonchev–Trinajstić information content (AvgIpc) is 3.42. The second-order valence-electron chi connectivity index (χ2n) is 8.90. The van der Waals surface area contributed by atoms with Gasteiger partial charge in [0.1, 0.15) is 6.61 Å². The summed E-state index contributed by atoms with van der Waals surface area (Å²) in [6.07, 6.45) is 1.27. The van der Waals surface area contributed by atoms with E-state index in [1.807, 2.05) is 12.1 Å². The van der Waals surface area contributed by atoms with Gasteiger partial charge >= 0.3 is 5.97 Å². The van der Waals surface area contributed by atoms with Gasteiger partial charge in [-0.15, -0.1) is 0 Å². The van der Waals surface area contributed by atoms with E-state index in [0.29, 0.717) is 64.6 Å². The van der Waals surface area contributed by atoms with Crippen LogP contribution in [0.1, 0.15) is 42.0 Å². The molecule has 3 aliphatic heterocycles. The minimum absolute atomic E-state index is 0.0903. The highest BCUT2D eigenvalue weighted by Crippen LogP contribution is 2.43. The molecule has 2 aromatic heterocycles. The zero-order valence-corrected chi connectivity index (χ0v) is 18.6. The Morgan fingerprint density at radius 2 is 1.97 bits per heavy atom. The maximum Gasteiger partial charge on any atom is 0.343 e. The molecule has 34 heavy (non-hydrogen) atoms. The molecule has 174 valence electrons. The highest BCUT2D eigenvalue weighted by Gasteiger charge is 2.45. The van der Waals surface area contributed by atoms with Gasteiger partial charge in [-0.3, -0.25) is 4.79 Å². The molecule has 0 bridgehead atoms. The Morgan fingerprint density at radius 1 is 1.21 bits per heavy atom. The van der Waals surface area contributed by atoms with E-state index in [1.54, 1.807) is 17.6 Å². The lowest BCUT2D eigenvalue weighted by atomic mass is 9.86. The summed E-state index contributed by atoms with van der Waals surface area (Å²) in [7, 11) is 0.